The number of aliphatic hydroxyl groups is 1. The van der Waals surface area contributed by atoms with E-state index in [-0.39, 0.29) is 11.4 Å². The number of nitrogens with zero attached hydrogens (tertiary/aromatic N) is 1. The van der Waals surface area contributed by atoms with Crippen LogP contribution < -0.4 is 4.72 Å². The minimum Gasteiger partial charge on any atom is -0.389 e. The minimum atomic E-state index is -3.58. The molecule has 0 amide bonds. The maximum absolute atomic E-state index is 12.0. The Morgan fingerprint density at radius 1 is 1.47 bits per heavy atom. The number of nitrogens with one attached hydrogen (secondary N) is 1. The molecule has 0 bridgehead atoms. The van der Waals surface area contributed by atoms with Crippen LogP contribution in [0, 0.1) is 5.92 Å². The molecule has 1 aliphatic rings. The first-order chi connectivity index (χ1) is 8.91. The molecule has 19 heavy (non-hydrogen) atoms. The lowest BCUT2D eigenvalue weighted by Crippen LogP contribution is -2.45. The maximum Gasteiger partial charge on any atom is 0.242 e. The fraction of sp³-hybridized carbons (Fsp3) is 0.615. The Morgan fingerprint density at radius 3 is 2.74 bits per heavy atom. The number of sulfonamides is 1. The van der Waals surface area contributed by atoms with E-state index in [4.69, 9.17) is 0 Å². The van der Waals surface area contributed by atoms with Crippen LogP contribution in [0.3, 0.4) is 0 Å². The molecule has 0 aromatic carbocycles. The van der Waals surface area contributed by atoms with Gasteiger partial charge < -0.3 is 5.11 Å². The number of rotatable bonds is 4. The highest BCUT2D eigenvalue weighted by Crippen LogP contribution is 2.31. The van der Waals surface area contributed by atoms with Crippen molar-refractivity contribution in [2.24, 2.45) is 5.92 Å². The molecule has 1 aliphatic carbocycles. The molecular weight excluding hydrogens is 264 g/mol. The van der Waals surface area contributed by atoms with Crippen LogP contribution >= 0.6 is 0 Å². The summed E-state index contributed by atoms with van der Waals surface area (Å²) in [5.41, 5.74) is -0.915. The first-order valence-electron chi connectivity index (χ1n) is 6.53. The summed E-state index contributed by atoms with van der Waals surface area (Å²) in [5.74, 6) is 0.607. The molecule has 6 heteroatoms. The largest absolute Gasteiger partial charge is 0.389 e. The first-order valence-corrected chi connectivity index (χ1v) is 8.02. The van der Waals surface area contributed by atoms with E-state index >= 15 is 0 Å². The third-order valence-corrected chi connectivity index (χ3v) is 5.13. The van der Waals surface area contributed by atoms with Crippen LogP contribution in [0.5, 0.6) is 0 Å². The van der Waals surface area contributed by atoms with Gasteiger partial charge >= 0.3 is 0 Å². The lowest BCUT2D eigenvalue weighted by Gasteiger charge is -2.34. The molecule has 106 valence electrons. The molecule has 5 nitrogen and oxygen atoms in total. The molecule has 0 radical (unpaired) electrons. The predicted octanol–water partition coefficient (Wildman–Crippen LogP) is 1.30. The van der Waals surface area contributed by atoms with Crippen LogP contribution in [0.4, 0.5) is 0 Å². The van der Waals surface area contributed by atoms with Gasteiger partial charge in [-0.05, 0) is 43.7 Å². The molecule has 0 atom stereocenters. The average molecular weight is 284 g/mol. The monoisotopic (exact) mass is 284 g/mol. The van der Waals surface area contributed by atoms with Gasteiger partial charge in [0.25, 0.3) is 0 Å². The van der Waals surface area contributed by atoms with Crippen LogP contribution in [0.25, 0.3) is 0 Å². The van der Waals surface area contributed by atoms with Gasteiger partial charge in [0, 0.05) is 18.9 Å². The number of hydrogen-bond donors (Lipinski definition) is 2. The standard InChI is InChI=1S/C13H20N2O3S/c1-11-4-6-13(16,7-5-11)10-15-19(17,18)12-3-2-8-14-9-12/h2-3,8-9,11,15-16H,4-7,10H2,1H3. The van der Waals surface area contributed by atoms with Crippen molar-refractivity contribution in [3.05, 3.63) is 24.5 Å². The molecule has 0 unspecified atom stereocenters. The molecule has 1 fully saturated rings. The van der Waals surface area contributed by atoms with Crippen molar-refractivity contribution in [3.8, 4) is 0 Å². The summed E-state index contributed by atoms with van der Waals surface area (Å²) in [5, 5.41) is 10.4. The lowest BCUT2D eigenvalue weighted by molar-refractivity contribution is -0.00182. The molecule has 0 aliphatic heterocycles. The van der Waals surface area contributed by atoms with E-state index in [2.05, 4.69) is 16.6 Å². The van der Waals surface area contributed by atoms with Gasteiger partial charge in [0.2, 0.25) is 10.0 Å². The van der Waals surface area contributed by atoms with Gasteiger partial charge in [-0.15, -0.1) is 0 Å². The third kappa shape index (κ3) is 3.75. The maximum atomic E-state index is 12.0. The summed E-state index contributed by atoms with van der Waals surface area (Å²) in [6.45, 7) is 2.22. The van der Waals surface area contributed by atoms with Crippen molar-refractivity contribution in [2.75, 3.05) is 6.54 Å². The van der Waals surface area contributed by atoms with Crippen molar-refractivity contribution >= 4 is 10.0 Å². The summed E-state index contributed by atoms with van der Waals surface area (Å²) >= 11 is 0. The fourth-order valence-corrected chi connectivity index (χ4v) is 3.38. The van der Waals surface area contributed by atoms with Crippen LogP contribution in [0.2, 0.25) is 0 Å². The number of hydrogen-bond acceptors (Lipinski definition) is 4. The van der Waals surface area contributed by atoms with Crippen LogP contribution in [-0.4, -0.2) is 30.7 Å². The van der Waals surface area contributed by atoms with Gasteiger partial charge in [-0.2, -0.15) is 0 Å². The van der Waals surface area contributed by atoms with Gasteiger partial charge in [-0.1, -0.05) is 6.92 Å². The Morgan fingerprint density at radius 2 is 2.16 bits per heavy atom. The first kappa shape index (κ1) is 14.4. The molecule has 2 N–H and O–H groups in total. The molecular formula is C13H20N2O3S. The second-order valence-electron chi connectivity index (χ2n) is 5.42. The van der Waals surface area contributed by atoms with Gasteiger partial charge in [-0.25, -0.2) is 13.1 Å². The lowest BCUT2D eigenvalue weighted by atomic mass is 9.80. The van der Waals surface area contributed by atoms with Crippen molar-refractivity contribution in [2.45, 2.75) is 43.1 Å². The highest BCUT2D eigenvalue weighted by molar-refractivity contribution is 7.89. The topological polar surface area (TPSA) is 79.3 Å². The second-order valence-corrected chi connectivity index (χ2v) is 7.19. The minimum absolute atomic E-state index is 0.0664. The van der Waals surface area contributed by atoms with Gasteiger partial charge in [0.15, 0.2) is 0 Å². The van der Waals surface area contributed by atoms with Crippen LogP contribution in [-0.2, 0) is 10.0 Å². The summed E-state index contributed by atoms with van der Waals surface area (Å²) < 4.78 is 26.5. The van der Waals surface area contributed by atoms with Crippen LogP contribution in [0.15, 0.2) is 29.4 Å². The Hall–Kier alpha value is -0.980. The Kier molecular flexibility index (Phi) is 4.23. The van der Waals surface area contributed by atoms with Crippen LogP contribution in [0.1, 0.15) is 32.6 Å². The molecule has 1 aromatic heterocycles. The molecule has 1 aromatic rings. The highest BCUT2D eigenvalue weighted by atomic mass is 32.2. The highest BCUT2D eigenvalue weighted by Gasteiger charge is 2.33. The Bertz CT molecular complexity index is 508. The molecule has 0 saturated heterocycles. The second kappa shape index (κ2) is 5.56. The summed E-state index contributed by atoms with van der Waals surface area (Å²) in [6, 6.07) is 3.06. The fourth-order valence-electron chi connectivity index (χ4n) is 2.29. The zero-order chi connectivity index (χ0) is 13.9. The summed E-state index contributed by atoms with van der Waals surface area (Å²) in [6.07, 6.45) is 5.98. The molecule has 0 spiro atoms. The summed E-state index contributed by atoms with van der Waals surface area (Å²) in [7, 11) is -3.58. The Balaban J connectivity index is 1.99. The predicted molar refractivity (Wildman–Crippen MR) is 72.0 cm³/mol. The van der Waals surface area contributed by atoms with E-state index < -0.39 is 15.6 Å². The van der Waals surface area contributed by atoms with Gasteiger partial charge in [0.05, 0.1) is 5.60 Å². The normalized spacial score (nSPS) is 28.2. The average Bonchev–Trinajstić information content (AvgIpc) is 2.42. The zero-order valence-electron chi connectivity index (χ0n) is 11.0. The van der Waals surface area contributed by atoms with E-state index in [9.17, 15) is 13.5 Å². The SMILES string of the molecule is CC1CCC(O)(CNS(=O)(=O)c2cccnc2)CC1. The van der Waals surface area contributed by atoms with Crippen molar-refractivity contribution < 1.29 is 13.5 Å². The number of aromatic nitrogens is 1. The molecule has 1 heterocycles. The van der Waals surface area contributed by atoms with Crippen molar-refractivity contribution in [1.82, 2.24) is 9.71 Å². The van der Waals surface area contributed by atoms with E-state index in [0.717, 1.165) is 12.8 Å². The Labute approximate surface area is 114 Å². The smallest absolute Gasteiger partial charge is 0.242 e. The quantitative estimate of drug-likeness (QED) is 0.873. The van der Waals surface area contributed by atoms with E-state index in [1.54, 1.807) is 6.07 Å². The van der Waals surface area contributed by atoms with Gasteiger partial charge in [-0.3, -0.25) is 4.98 Å². The third-order valence-electron chi connectivity index (χ3n) is 3.74. The van der Waals surface area contributed by atoms with Gasteiger partial charge in [0.1, 0.15) is 4.90 Å². The molecule has 1 saturated carbocycles. The van der Waals surface area contributed by atoms with Crippen molar-refractivity contribution in [1.29, 1.82) is 0 Å². The van der Waals surface area contributed by atoms with E-state index in [1.807, 2.05) is 0 Å². The van der Waals surface area contributed by atoms with Crippen molar-refractivity contribution in [3.63, 3.8) is 0 Å². The summed E-state index contributed by atoms with van der Waals surface area (Å²) in [4.78, 5) is 3.92. The van der Waals surface area contributed by atoms with E-state index in [0.29, 0.717) is 18.8 Å². The molecule has 2 rings (SSSR count). The van der Waals surface area contributed by atoms with E-state index in [1.165, 1.54) is 18.5 Å². The zero-order valence-corrected chi connectivity index (χ0v) is 11.9. The number of pyridine rings is 1.